The number of hydrogen-bond acceptors (Lipinski definition) is 8. The van der Waals surface area contributed by atoms with E-state index in [0.717, 1.165) is 58.8 Å². The number of fused-ring (bicyclic) bond motifs is 1. The first-order chi connectivity index (χ1) is 21.2. The van der Waals surface area contributed by atoms with Gasteiger partial charge in [0.1, 0.15) is 24.2 Å². The number of benzene rings is 3. The molecule has 3 aromatic carbocycles. The van der Waals surface area contributed by atoms with Gasteiger partial charge in [-0.2, -0.15) is 0 Å². The lowest BCUT2D eigenvalue weighted by atomic mass is 9.88. The van der Waals surface area contributed by atoms with Crippen LogP contribution in [-0.2, 0) is 9.53 Å². The van der Waals surface area contributed by atoms with Gasteiger partial charge in [0.25, 0.3) is 0 Å². The van der Waals surface area contributed by atoms with Crippen LogP contribution >= 0.6 is 0 Å². The Morgan fingerprint density at radius 2 is 1.45 bits per heavy atom. The lowest BCUT2D eigenvalue weighted by Gasteiger charge is -2.20. The van der Waals surface area contributed by atoms with Crippen LogP contribution < -0.4 is 18.9 Å². The average Bonchev–Trinajstić information content (AvgIpc) is 3.71. The van der Waals surface area contributed by atoms with E-state index in [1.165, 1.54) is 12.8 Å². The molecule has 1 atom stereocenters. The number of nitrogens with zero attached hydrogens (tertiary/aromatic N) is 1. The number of allylic oxidation sites excluding steroid dienone is 1. The molecule has 0 spiro atoms. The molecular formula is C36H43NO7. The van der Waals surface area contributed by atoms with Crippen molar-refractivity contribution in [2.75, 3.05) is 39.8 Å². The monoisotopic (exact) mass is 601 g/mol. The summed E-state index contributed by atoms with van der Waals surface area (Å²) in [5.41, 5.74) is 4.70. The summed E-state index contributed by atoms with van der Waals surface area (Å²) in [6, 6.07) is 21.8. The smallest absolute Gasteiger partial charge is 0.314 e. The predicted molar refractivity (Wildman–Crippen MR) is 170 cm³/mol. The van der Waals surface area contributed by atoms with Gasteiger partial charge in [0.15, 0.2) is 11.5 Å². The molecule has 8 nitrogen and oxygen atoms in total. The molecule has 2 heterocycles. The van der Waals surface area contributed by atoms with Gasteiger partial charge in [-0.15, -0.1) is 0 Å². The zero-order valence-electron chi connectivity index (χ0n) is 26.1. The molecule has 234 valence electrons. The van der Waals surface area contributed by atoms with Crippen LogP contribution in [0.3, 0.4) is 0 Å². The number of ether oxygens (including phenoxy) is 5. The quantitative estimate of drug-likeness (QED) is 0.142. The van der Waals surface area contributed by atoms with Gasteiger partial charge >= 0.3 is 5.97 Å². The molecule has 0 saturated carbocycles. The molecule has 1 N–H and O–H groups in total. The molecule has 0 aliphatic carbocycles. The largest absolute Gasteiger partial charge is 0.491 e. The van der Waals surface area contributed by atoms with Gasteiger partial charge in [0.05, 0.1) is 5.41 Å². The van der Waals surface area contributed by atoms with Crippen molar-refractivity contribution in [3.05, 3.63) is 83.4 Å². The molecule has 1 fully saturated rings. The Labute approximate surface area is 260 Å². The summed E-state index contributed by atoms with van der Waals surface area (Å²) in [7, 11) is 0. The molecule has 0 bridgehead atoms. The van der Waals surface area contributed by atoms with Crippen LogP contribution in [-0.4, -0.2) is 61.9 Å². The Kier molecular flexibility index (Phi) is 10.1. The number of carbonyl (C=O) groups excluding carboxylic acids is 1. The maximum Gasteiger partial charge on any atom is 0.314 e. The number of likely N-dealkylation sites (tertiary alicyclic amines) is 1. The summed E-state index contributed by atoms with van der Waals surface area (Å²) in [4.78, 5) is 14.4. The standard InChI is InChI=1S/C36H43NO7/c1-5-31(27-12-17-32-33(20-27)43-24-42-32)34(26-10-15-30(16-11-26)41-23-44-35(39)36(2,3)4)25-8-13-29(14-9-25)40-22-28(38)21-37-18-6-7-19-37/h8-17,20,28,38H,5-7,18-19,21-24H2,1-4H3. The van der Waals surface area contributed by atoms with E-state index in [4.69, 9.17) is 23.7 Å². The first kappa shape index (κ1) is 31.4. The van der Waals surface area contributed by atoms with Crippen molar-refractivity contribution in [2.24, 2.45) is 5.41 Å². The van der Waals surface area contributed by atoms with Gasteiger partial charge in [-0.1, -0.05) is 37.3 Å². The lowest BCUT2D eigenvalue weighted by molar-refractivity contribution is -0.159. The highest BCUT2D eigenvalue weighted by molar-refractivity contribution is 5.99. The average molecular weight is 602 g/mol. The van der Waals surface area contributed by atoms with Gasteiger partial charge in [-0.25, -0.2) is 0 Å². The van der Waals surface area contributed by atoms with Crippen molar-refractivity contribution in [3.63, 3.8) is 0 Å². The third-order valence-electron chi connectivity index (χ3n) is 7.80. The SMILES string of the molecule is CCC(=C(c1ccc(OCOC(=O)C(C)(C)C)cc1)c1ccc(OCC(O)CN2CCCC2)cc1)c1ccc2c(c1)OCO2. The maximum absolute atomic E-state index is 12.1. The zero-order valence-corrected chi connectivity index (χ0v) is 26.1. The molecule has 0 amide bonds. The van der Waals surface area contributed by atoms with E-state index in [1.807, 2.05) is 48.5 Å². The topological polar surface area (TPSA) is 86.7 Å². The summed E-state index contributed by atoms with van der Waals surface area (Å²) in [5, 5.41) is 10.5. The van der Waals surface area contributed by atoms with Crippen molar-refractivity contribution < 1.29 is 33.6 Å². The normalized spacial score (nSPS) is 15.9. The summed E-state index contributed by atoms with van der Waals surface area (Å²) >= 11 is 0. The number of hydrogen-bond donors (Lipinski definition) is 1. The highest BCUT2D eigenvalue weighted by Gasteiger charge is 2.23. The number of esters is 1. The fourth-order valence-electron chi connectivity index (χ4n) is 5.44. The Bertz CT molecular complexity index is 1430. The van der Waals surface area contributed by atoms with E-state index in [1.54, 1.807) is 20.8 Å². The van der Waals surface area contributed by atoms with E-state index < -0.39 is 11.5 Å². The van der Waals surface area contributed by atoms with Gasteiger partial charge in [-0.05, 0) is 117 Å². The Balaban J connectivity index is 1.38. The summed E-state index contributed by atoms with van der Waals surface area (Å²) in [5.74, 6) is 2.48. The molecule has 0 aromatic heterocycles. The fraction of sp³-hybridized carbons (Fsp3) is 0.417. The first-order valence-electron chi connectivity index (χ1n) is 15.4. The van der Waals surface area contributed by atoms with E-state index in [2.05, 4.69) is 30.0 Å². The fourth-order valence-corrected chi connectivity index (χ4v) is 5.44. The van der Waals surface area contributed by atoms with Crippen LogP contribution in [0.5, 0.6) is 23.0 Å². The molecule has 3 aromatic rings. The number of β-amino-alcohol motifs (C(OH)–C–C–N with tert-alkyl or cyclic N) is 1. The number of aliphatic hydroxyl groups excluding tert-OH is 1. The minimum atomic E-state index is -0.591. The minimum Gasteiger partial charge on any atom is -0.491 e. The Morgan fingerprint density at radius 3 is 2.07 bits per heavy atom. The van der Waals surface area contributed by atoms with Crippen molar-refractivity contribution in [1.29, 1.82) is 0 Å². The lowest BCUT2D eigenvalue weighted by Crippen LogP contribution is -2.33. The van der Waals surface area contributed by atoms with Crippen LogP contribution in [0.4, 0.5) is 0 Å². The van der Waals surface area contributed by atoms with Crippen LogP contribution in [0, 0.1) is 5.41 Å². The molecular weight excluding hydrogens is 558 g/mol. The van der Waals surface area contributed by atoms with Crippen molar-refractivity contribution in [3.8, 4) is 23.0 Å². The number of rotatable bonds is 12. The van der Waals surface area contributed by atoms with Crippen molar-refractivity contribution in [1.82, 2.24) is 4.90 Å². The highest BCUT2D eigenvalue weighted by atomic mass is 16.7. The summed E-state index contributed by atoms with van der Waals surface area (Å²) in [6.45, 7) is 10.6. The van der Waals surface area contributed by atoms with E-state index in [0.29, 0.717) is 18.0 Å². The summed E-state index contributed by atoms with van der Waals surface area (Å²) in [6.07, 6.45) is 2.63. The molecule has 2 aliphatic heterocycles. The van der Waals surface area contributed by atoms with E-state index >= 15 is 0 Å². The predicted octanol–water partition coefficient (Wildman–Crippen LogP) is 6.55. The molecule has 5 rings (SSSR count). The molecule has 1 saturated heterocycles. The maximum atomic E-state index is 12.1. The zero-order chi connectivity index (χ0) is 31.1. The molecule has 2 aliphatic rings. The number of aliphatic hydroxyl groups is 1. The molecule has 0 radical (unpaired) electrons. The summed E-state index contributed by atoms with van der Waals surface area (Å²) < 4.78 is 28.2. The second-order valence-corrected chi connectivity index (χ2v) is 12.2. The van der Waals surface area contributed by atoms with Gasteiger partial charge in [-0.3, -0.25) is 4.79 Å². The second-order valence-electron chi connectivity index (χ2n) is 12.2. The second kappa shape index (κ2) is 14.2. The third kappa shape index (κ3) is 7.92. The van der Waals surface area contributed by atoms with E-state index in [9.17, 15) is 9.90 Å². The third-order valence-corrected chi connectivity index (χ3v) is 7.80. The van der Waals surface area contributed by atoms with Gasteiger partial charge in [0.2, 0.25) is 13.6 Å². The van der Waals surface area contributed by atoms with Gasteiger partial charge < -0.3 is 33.7 Å². The van der Waals surface area contributed by atoms with Crippen LogP contribution in [0.2, 0.25) is 0 Å². The Hall–Kier alpha value is -4.01. The van der Waals surface area contributed by atoms with Crippen LogP contribution in [0.1, 0.15) is 63.6 Å². The number of carbonyl (C=O) groups is 1. The highest BCUT2D eigenvalue weighted by Crippen LogP contribution is 2.40. The minimum absolute atomic E-state index is 0.149. The van der Waals surface area contributed by atoms with Crippen LogP contribution in [0.25, 0.3) is 11.1 Å². The van der Waals surface area contributed by atoms with Crippen molar-refractivity contribution >= 4 is 17.1 Å². The van der Waals surface area contributed by atoms with E-state index in [-0.39, 0.29) is 26.2 Å². The molecule has 1 unspecified atom stereocenters. The Morgan fingerprint density at radius 1 is 0.864 bits per heavy atom. The first-order valence-corrected chi connectivity index (χ1v) is 15.4. The van der Waals surface area contributed by atoms with Crippen molar-refractivity contribution in [2.45, 2.75) is 53.1 Å². The van der Waals surface area contributed by atoms with Gasteiger partial charge in [0, 0.05) is 6.54 Å². The van der Waals surface area contributed by atoms with Crippen LogP contribution in [0.15, 0.2) is 66.7 Å². The molecule has 44 heavy (non-hydrogen) atoms. The molecule has 8 heteroatoms.